The number of aldehydes is 1. The van der Waals surface area contributed by atoms with Gasteiger partial charge in [-0.1, -0.05) is 19.1 Å². The molecule has 0 aliphatic carbocycles. The molecule has 0 heterocycles. The van der Waals surface area contributed by atoms with Crippen LogP contribution in [-0.4, -0.2) is 22.5 Å². The van der Waals surface area contributed by atoms with Crippen LogP contribution in [0.25, 0.3) is 0 Å². The van der Waals surface area contributed by atoms with Crippen LogP contribution in [0.5, 0.6) is 5.75 Å². The van der Waals surface area contributed by atoms with Crippen LogP contribution in [0.1, 0.15) is 18.1 Å². The summed E-state index contributed by atoms with van der Waals surface area (Å²) in [6.07, 6.45) is 1.20. The van der Waals surface area contributed by atoms with Crippen LogP contribution in [-0.2, 0) is 22.4 Å². The molecule has 0 aliphatic rings. The Bertz CT molecular complexity index is 398. The Morgan fingerprint density at radius 1 is 1.50 bits per heavy atom. The molecule has 0 fully saturated rings. The van der Waals surface area contributed by atoms with Gasteiger partial charge in [0.1, 0.15) is 12.0 Å². The number of carbonyl (C=O) groups excluding carboxylic acids is 1. The van der Waals surface area contributed by atoms with E-state index in [-0.39, 0.29) is 18.1 Å². The molecule has 1 aromatic rings. The molecule has 0 spiro atoms. The molecule has 0 bridgehead atoms. The number of carbonyl (C=O) groups is 2. The van der Waals surface area contributed by atoms with Crippen LogP contribution in [0.2, 0.25) is 0 Å². The lowest BCUT2D eigenvalue weighted by molar-refractivity contribution is -0.136. The van der Waals surface area contributed by atoms with Gasteiger partial charge in [0.05, 0.1) is 6.42 Å². The van der Waals surface area contributed by atoms with Crippen molar-refractivity contribution in [3.05, 3.63) is 29.3 Å². The molecule has 0 aromatic heterocycles. The summed E-state index contributed by atoms with van der Waals surface area (Å²) in [7, 11) is 0. The maximum absolute atomic E-state index is 10.5. The normalized spacial score (nSPS) is 12.1. The van der Waals surface area contributed by atoms with Gasteiger partial charge in [0.25, 0.3) is 0 Å². The molecule has 1 atom stereocenters. The van der Waals surface area contributed by atoms with E-state index in [1.54, 1.807) is 19.1 Å². The van der Waals surface area contributed by atoms with Gasteiger partial charge in [-0.3, -0.25) is 4.79 Å². The van der Waals surface area contributed by atoms with E-state index in [1.165, 1.54) is 6.07 Å². The fourth-order valence-corrected chi connectivity index (χ4v) is 1.47. The minimum Gasteiger partial charge on any atom is -0.508 e. The standard InChI is InChI=1S/C12H14O4/c1-8(7-13)4-9-2-3-10(6-12(15)16)11(14)5-9/h2-3,5,7-8,14H,4,6H2,1H3,(H,15,16). The Balaban J connectivity index is 2.82. The Morgan fingerprint density at radius 2 is 2.19 bits per heavy atom. The molecule has 1 unspecified atom stereocenters. The van der Waals surface area contributed by atoms with Crippen molar-refractivity contribution >= 4 is 12.3 Å². The quantitative estimate of drug-likeness (QED) is 0.738. The third kappa shape index (κ3) is 3.38. The lowest BCUT2D eigenvalue weighted by Gasteiger charge is -2.07. The molecule has 0 aliphatic heterocycles. The maximum Gasteiger partial charge on any atom is 0.307 e. The third-order valence-electron chi connectivity index (χ3n) is 2.28. The smallest absolute Gasteiger partial charge is 0.307 e. The van der Waals surface area contributed by atoms with Gasteiger partial charge in [0.2, 0.25) is 0 Å². The van der Waals surface area contributed by atoms with Crippen LogP contribution in [0, 0.1) is 5.92 Å². The highest BCUT2D eigenvalue weighted by Crippen LogP contribution is 2.20. The zero-order valence-electron chi connectivity index (χ0n) is 9.01. The lowest BCUT2D eigenvalue weighted by Crippen LogP contribution is -2.03. The van der Waals surface area contributed by atoms with Gasteiger partial charge in [0.15, 0.2) is 0 Å². The molecule has 4 nitrogen and oxygen atoms in total. The van der Waals surface area contributed by atoms with Gasteiger partial charge in [-0.2, -0.15) is 0 Å². The minimum atomic E-state index is -0.982. The number of rotatable bonds is 5. The molecule has 1 aromatic carbocycles. The lowest BCUT2D eigenvalue weighted by atomic mass is 10.00. The molecular weight excluding hydrogens is 208 g/mol. The van der Waals surface area contributed by atoms with Gasteiger partial charge < -0.3 is 15.0 Å². The molecule has 16 heavy (non-hydrogen) atoms. The number of hydrogen-bond donors (Lipinski definition) is 2. The number of aliphatic carboxylic acids is 1. The molecule has 4 heteroatoms. The first kappa shape index (κ1) is 12.2. The molecule has 1 rings (SSSR count). The summed E-state index contributed by atoms with van der Waals surface area (Å²) in [5.41, 5.74) is 1.21. The highest BCUT2D eigenvalue weighted by Gasteiger charge is 2.08. The van der Waals surface area contributed by atoms with Gasteiger partial charge in [0, 0.05) is 11.5 Å². The second kappa shape index (κ2) is 5.30. The van der Waals surface area contributed by atoms with Gasteiger partial charge in [-0.25, -0.2) is 0 Å². The highest BCUT2D eigenvalue weighted by molar-refractivity contribution is 5.71. The van der Waals surface area contributed by atoms with E-state index < -0.39 is 5.97 Å². The molecule has 0 saturated carbocycles. The first-order chi connectivity index (χ1) is 7.52. The van der Waals surface area contributed by atoms with Crippen molar-refractivity contribution in [1.29, 1.82) is 0 Å². The van der Waals surface area contributed by atoms with Gasteiger partial charge >= 0.3 is 5.97 Å². The first-order valence-corrected chi connectivity index (χ1v) is 5.00. The van der Waals surface area contributed by atoms with E-state index >= 15 is 0 Å². The summed E-state index contributed by atoms with van der Waals surface area (Å²) < 4.78 is 0. The summed E-state index contributed by atoms with van der Waals surface area (Å²) >= 11 is 0. The Morgan fingerprint density at radius 3 is 2.69 bits per heavy atom. The number of phenolic OH excluding ortho intramolecular Hbond substituents is 1. The Labute approximate surface area is 93.5 Å². The Kier molecular flexibility index (Phi) is 4.05. The topological polar surface area (TPSA) is 74.6 Å². The largest absolute Gasteiger partial charge is 0.508 e. The monoisotopic (exact) mass is 222 g/mol. The molecule has 0 saturated heterocycles. The van der Waals surface area contributed by atoms with E-state index in [9.17, 15) is 14.7 Å². The number of carboxylic acids is 1. The van der Waals surface area contributed by atoms with Gasteiger partial charge in [-0.15, -0.1) is 0 Å². The average molecular weight is 222 g/mol. The van der Waals surface area contributed by atoms with Crippen molar-refractivity contribution in [1.82, 2.24) is 0 Å². The summed E-state index contributed by atoms with van der Waals surface area (Å²) in [6.45, 7) is 1.79. The van der Waals surface area contributed by atoms with Crippen molar-refractivity contribution < 1.29 is 19.8 Å². The molecule has 2 N–H and O–H groups in total. The van der Waals surface area contributed by atoms with Crippen LogP contribution in [0.4, 0.5) is 0 Å². The average Bonchev–Trinajstić information content (AvgIpc) is 2.21. The number of aromatic hydroxyl groups is 1. The van der Waals surface area contributed by atoms with E-state index in [0.717, 1.165) is 11.8 Å². The predicted molar refractivity (Wildman–Crippen MR) is 58.4 cm³/mol. The van der Waals surface area contributed by atoms with Crippen LogP contribution >= 0.6 is 0 Å². The summed E-state index contributed by atoms with van der Waals surface area (Å²) in [4.78, 5) is 20.9. The highest BCUT2D eigenvalue weighted by atomic mass is 16.4. The van der Waals surface area contributed by atoms with Crippen molar-refractivity contribution in [2.75, 3.05) is 0 Å². The van der Waals surface area contributed by atoms with Crippen molar-refractivity contribution in [2.45, 2.75) is 19.8 Å². The summed E-state index contributed by atoms with van der Waals surface area (Å²) in [6, 6.07) is 4.83. The zero-order chi connectivity index (χ0) is 12.1. The second-order valence-electron chi connectivity index (χ2n) is 3.85. The SMILES string of the molecule is CC(C=O)Cc1ccc(CC(=O)O)c(O)c1. The third-order valence-corrected chi connectivity index (χ3v) is 2.28. The molecular formula is C12H14O4. The second-order valence-corrected chi connectivity index (χ2v) is 3.85. The molecule has 86 valence electrons. The maximum atomic E-state index is 10.5. The van der Waals surface area contributed by atoms with Crippen LogP contribution in [0.3, 0.4) is 0 Å². The minimum absolute atomic E-state index is 0.0296. The number of carboxylic acid groups (broad SMARTS) is 1. The summed E-state index contributed by atoms with van der Waals surface area (Å²) in [5.74, 6) is -1.12. The van der Waals surface area contributed by atoms with Crippen molar-refractivity contribution in [3.63, 3.8) is 0 Å². The fraction of sp³-hybridized carbons (Fsp3) is 0.333. The summed E-state index contributed by atoms with van der Waals surface area (Å²) in [5, 5.41) is 18.2. The van der Waals surface area contributed by atoms with E-state index in [1.807, 2.05) is 0 Å². The van der Waals surface area contributed by atoms with E-state index in [4.69, 9.17) is 5.11 Å². The number of hydrogen-bond acceptors (Lipinski definition) is 3. The number of benzene rings is 1. The van der Waals surface area contributed by atoms with Crippen LogP contribution < -0.4 is 0 Å². The molecule has 0 amide bonds. The van der Waals surface area contributed by atoms with Gasteiger partial charge in [-0.05, 0) is 18.1 Å². The van der Waals surface area contributed by atoms with Crippen LogP contribution in [0.15, 0.2) is 18.2 Å². The Hall–Kier alpha value is -1.84. The van der Waals surface area contributed by atoms with E-state index in [0.29, 0.717) is 12.0 Å². The zero-order valence-corrected chi connectivity index (χ0v) is 9.01. The first-order valence-electron chi connectivity index (χ1n) is 5.00. The fourth-order valence-electron chi connectivity index (χ4n) is 1.47. The van der Waals surface area contributed by atoms with Crippen molar-refractivity contribution in [2.24, 2.45) is 5.92 Å². The predicted octanol–water partition coefficient (Wildman–Crippen LogP) is 1.40. The number of phenols is 1. The van der Waals surface area contributed by atoms with E-state index in [2.05, 4.69) is 0 Å². The van der Waals surface area contributed by atoms with Crippen molar-refractivity contribution in [3.8, 4) is 5.75 Å². The molecule has 0 radical (unpaired) electrons.